The summed E-state index contributed by atoms with van der Waals surface area (Å²) in [6.07, 6.45) is 2.53. The van der Waals surface area contributed by atoms with Crippen LogP contribution in [0, 0.1) is 0 Å². The molecule has 0 spiro atoms. The SMILES string of the molecule is CN(C)C(=O)CCCc1cccc(C(C)(C)C)c1. The molecule has 1 amide bonds. The molecule has 0 atom stereocenters. The number of rotatable bonds is 4. The third-order valence-electron chi connectivity index (χ3n) is 3.15. The minimum absolute atomic E-state index is 0.190. The van der Waals surface area contributed by atoms with Crippen LogP contribution < -0.4 is 0 Å². The number of amides is 1. The van der Waals surface area contributed by atoms with Gasteiger partial charge in [0.15, 0.2) is 0 Å². The summed E-state index contributed by atoms with van der Waals surface area (Å²) < 4.78 is 0. The fourth-order valence-corrected chi connectivity index (χ4v) is 1.86. The normalized spacial score (nSPS) is 11.4. The first-order valence-electron chi connectivity index (χ1n) is 6.60. The van der Waals surface area contributed by atoms with E-state index in [-0.39, 0.29) is 11.3 Å². The molecular formula is C16H25NO. The van der Waals surface area contributed by atoms with E-state index in [4.69, 9.17) is 0 Å². The smallest absolute Gasteiger partial charge is 0.222 e. The van der Waals surface area contributed by atoms with Crippen molar-refractivity contribution in [3.63, 3.8) is 0 Å². The fraction of sp³-hybridized carbons (Fsp3) is 0.562. The molecular weight excluding hydrogens is 222 g/mol. The molecule has 1 aromatic carbocycles. The zero-order valence-corrected chi connectivity index (χ0v) is 12.3. The third-order valence-corrected chi connectivity index (χ3v) is 3.15. The molecule has 18 heavy (non-hydrogen) atoms. The van der Waals surface area contributed by atoms with E-state index in [1.807, 2.05) is 14.1 Å². The molecule has 0 aliphatic rings. The largest absolute Gasteiger partial charge is 0.349 e. The minimum Gasteiger partial charge on any atom is -0.349 e. The summed E-state index contributed by atoms with van der Waals surface area (Å²) in [5, 5.41) is 0. The number of hydrogen-bond acceptors (Lipinski definition) is 1. The molecule has 0 bridgehead atoms. The van der Waals surface area contributed by atoms with Crippen molar-refractivity contribution in [2.75, 3.05) is 14.1 Å². The first kappa shape index (κ1) is 14.7. The van der Waals surface area contributed by atoms with Crippen LogP contribution in [-0.4, -0.2) is 24.9 Å². The van der Waals surface area contributed by atoms with Crippen molar-refractivity contribution >= 4 is 5.91 Å². The van der Waals surface area contributed by atoms with Gasteiger partial charge in [0.2, 0.25) is 5.91 Å². The highest BCUT2D eigenvalue weighted by molar-refractivity contribution is 5.75. The summed E-state index contributed by atoms with van der Waals surface area (Å²) in [5.41, 5.74) is 2.88. The lowest BCUT2D eigenvalue weighted by Gasteiger charge is -2.19. The molecule has 0 heterocycles. The average molecular weight is 247 g/mol. The van der Waals surface area contributed by atoms with Gasteiger partial charge in [0, 0.05) is 20.5 Å². The van der Waals surface area contributed by atoms with Crippen LogP contribution in [0.15, 0.2) is 24.3 Å². The van der Waals surface area contributed by atoms with Gasteiger partial charge in [0.05, 0.1) is 0 Å². The summed E-state index contributed by atoms with van der Waals surface area (Å²) in [5.74, 6) is 0.210. The van der Waals surface area contributed by atoms with Crippen LogP contribution >= 0.6 is 0 Å². The zero-order valence-electron chi connectivity index (χ0n) is 12.3. The number of nitrogens with zero attached hydrogens (tertiary/aromatic N) is 1. The Labute approximate surface area is 111 Å². The average Bonchev–Trinajstić information content (AvgIpc) is 2.28. The van der Waals surface area contributed by atoms with Crippen molar-refractivity contribution in [2.45, 2.75) is 45.4 Å². The summed E-state index contributed by atoms with van der Waals surface area (Å²) in [6.45, 7) is 6.67. The van der Waals surface area contributed by atoms with Crippen LogP contribution in [0.2, 0.25) is 0 Å². The van der Waals surface area contributed by atoms with Gasteiger partial charge in [-0.3, -0.25) is 4.79 Å². The molecule has 1 rings (SSSR count). The lowest BCUT2D eigenvalue weighted by Crippen LogP contribution is -2.21. The Morgan fingerprint density at radius 3 is 2.44 bits per heavy atom. The van der Waals surface area contributed by atoms with Crippen LogP contribution in [-0.2, 0) is 16.6 Å². The van der Waals surface area contributed by atoms with Crippen molar-refractivity contribution in [1.82, 2.24) is 4.90 Å². The van der Waals surface area contributed by atoms with Crippen molar-refractivity contribution in [2.24, 2.45) is 0 Å². The Balaban J connectivity index is 2.56. The molecule has 100 valence electrons. The van der Waals surface area contributed by atoms with Crippen molar-refractivity contribution in [3.8, 4) is 0 Å². The Morgan fingerprint density at radius 1 is 1.22 bits per heavy atom. The van der Waals surface area contributed by atoms with Gasteiger partial charge in [0.25, 0.3) is 0 Å². The van der Waals surface area contributed by atoms with E-state index in [9.17, 15) is 4.79 Å². The monoisotopic (exact) mass is 247 g/mol. The van der Waals surface area contributed by atoms with Crippen LogP contribution in [0.4, 0.5) is 0 Å². The molecule has 1 aromatic rings. The van der Waals surface area contributed by atoms with E-state index in [1.165, 1.54) is 11.1 Å². The maximum Gasteiger partial charge on any atom is 0.222 e. The molecule has 0 unspecified atom stereocenters. The molecule has 0 fully saturated rings. The Kier molecular flexibility index (Phi) is 4.94. The molecule has 0 saturated heterocycles. The summed E-state index contributed by atoms with van der Waals surface area (Å²) in [6, 6.07) is 8.70. The summed E-state index contributed by atoms with van der Waals surface area (Å²) in [7, 11) is 3.62. The molecule has 0 N–H and O–H groups in total. The number of hydrogen-bond donors (Lipinski definition) is 0. The molecule has 0 aromatic heterocycles. The first-order valence-corrected chi connectivity index (χ1v) is 6.60. The molecule has 2 nitrogen and oxygen atoms in total. The van der Waals surface area contributed by atoms with Crippen LogP contribution in [0.3, 0.4) is 0 Å². The molecule has 0 saturated carbocycles. The van der Waals surface area contributed by atoms with E-state index in [0.717, 1.165) is 12.8 Å². The van der Waals surface area contributed by atoms with Crippen LogP contribution in [0.25, 0.3) is 0 Å². The second kappa shape index (κ2) is 6.03. The second-order valence-corrected chi connectivity index (χ2v) is 6.09. The van der Waals surface area contributed by atoms with Crippen LogP contribution in [0.1, 0.15) is 44.7 Å². The van der Waals surface area contributed by atoms with E-state index >= 15 is 0 Å². The van der Waals surface area contributed by atoms with Gasteiger partial charge in [0.1, 0.15) is 0 Å². The van der Waals surface area contributed by atoms with Gasteiger partial charge in [-0.1, -0.05) is 45.0 Å². The number of aryl methyl sites for hydroxylation is 1. The highest BCUT2D eigenvalue weighted by Crippen LogP contribution is 2.23. The summed E-state index contributed by atoms with van der Waals surface area (Å²) in [4.78, 5) is 13.1. The van der Waals surface area contributed by atoms with Gasteiger partial charge >= 0.3 is 0 Å². The van der Waals surface area contributed by atoms with E-state index in [1.54, 1.807) is 4.90 Å². The highest BCUT2D eigenvalue weighted by Gasteiger charge is 2.13. The minimum atomic E-state index is 0.190. The van der Waals surface area contributed by atoms with Crippen molar-refractivity contribution < 1.29 is 4.79 Å². The third kappa shape index (κ3) is 4.52. The Morgan fingerprint density at radius 2 is 1.89 bits per heavy atom. The molecule has 2 heteroatoms. The number of carbonyl (C=O) groups excluding carboxylic acids is 1. The van der Waals surface area contributed by atoms with Gasteiger partial charge in [-0.15, -0.1) is 0 Å². The van der Waals surface area contributed by atoms with Crippen molar-refractivity contribution in [3.05, 3.63) is 35.4 Å². The predicted molar refractivity (Wildman–Crippen MR) is 76.8 cm³/mol. The number of carbonyl (C=O) groups is 1. The lowest BCUT2D eigenvalue weighted by molar-refractivity contribution is -0.128. The maximum absolute atomic E-state index is 11.5. The topological polar surface area (TPSA) is 20.3 Å². The fourth-order valence-electron chi connectivity index (χ4n) is 1.86. The quantitative estimate of drug-likeness (QED) is 0.798. The second-order valence-electron chi connectivity index (χ2n) is 6.09. The first-order chi connectivity index (χ1) is 8.30. The predicted octanol–water partition coefficient (Wildman–Crippen LogP) is 3.40. The highest BCUT2D eigenvalue weighted by atomic mass is 16.2. The maximum atomic E-state index is 11.5. The Hall–Kier alpha value is -1.31. The van der Waals surface area contributed by atoms with Gasteiger partial charge in [-0.2, -0.15) is 0 Å². The standard InChI is InChI=1S/C16H25NO/c1-16(2,3)14-10-6-8-13(12-14)9-7-11-15(18)17(4)5/h6,8,10,12H,7,9,11H2,1-5H3. The summed E-state index contributed by atoms with van der Waals surface area (Å²) >= 11 is 0. The molecule has 0 aliphatic heterocycles. The van der Waals surface area contributed by atoms with Crippen LogP contribution in [0.5, 0.6) is 0 Å². The zero-order chi connectivity index (χ0) is 13.8. The number of benzene rings is 1. The molecule has 0 radical (unpaired) electrons. The van der Waals surface area contributed by atoms with Gasteiger partial charge in [-0.25, -0.2) is 0 Å². The van der Waals surface area contributed by atoms with E-state index < -0.39 is 0 Å². The lowest BCUT2D eigenvalue weighted by atomic mass is 9.86. The van der Waals surface area contributed by atoms with E-state index in [2.05, 4.69) is 45.0 Å². The van der Waals surface area contributed by atoms with E-state index in [0.29, 0.717) is 6.42 Å². The van der Waals surface area contributed by atoms with Gasteiger partial charge in [-0.05, 0) is 29.4 Å². The van der Waals surface area contributed by atoms with Gasteiger partial charge < -0.3 is 4.90 Å². The molecule has 0 aliphatic carbocycles. The van der Waals surface area contributed by atoms with Crippen molar-refractivity contribution in [1.29, 1.82) is 0 Å². The Bertz CT molecular complexity index is 402.